The molecule has 0 saturated carbocycles. The second kappa shape index (κ2) is 22.2. The average molecular weight is 654 g/mol. The van der Waals surface area contributed by atoms with Crippen LogP contribution in [0.4, 0.5) is 0 Å². The molecule has 48 heavy (non-hydrogen) atoms. The van der Waals surface area contributed by atoms with Gasteiger partial charge in [0.1, 0.15) is 28.9 Å². The van der Waals surface area contributed by atoms with Gasteiger partial charge in [0.2, 0.25) is 0 Å². The molecule has 0 aliphatic heterocycles. The van der Waals surface area contributed by atoms with Gasteiger partial charge in [-0.3, -0.25) is 0 Å². The summed E-state index contributed by atoms with van der Waals surface area (Å²) in [6.45, 7) is 7.34. The minimum absolute atomic E-state index is 0.105. The van der Waals surface area contributed by atoms with Gasteiger partial charge in [-0.1, -0.05) is 114 Å². The van der Waals surface area contributed by atoms with E-state index in [2.05, 4.69) is 13.8 Å². The Hall–Kier alpha value is -4.41. The number of carbonyl (C=O) groups excluding carboxylic acids is 2. The summed E-state index contributed by atoms with van der Waals surface area (Å²) in [5, 5.41) is 9.60. The van der Waals surface area contributed by atoms with E-state index in [4.69, 9.17) is 18.9 Å². The van der Waals surface area contributed by atoms with Crippen molar-refractivity contribution in [1.82, 2.24) is 0 Å². The smallest absolute Gasteiger partial charge is 0.354 e. The van der Waals surface area contributed by atoms with Gasteiger partial charge in [0.25, 0.3) is 0 Å². The van der Waals surface area contributed by atoms with Crippen molar-refractivity contribution in [3.63, 3.8) is 0 Å². The van der Waals surface area contributed by atoms with E-state index >= 15 is 0 Å². The normalized spacial score (nSPS) is 11.8. The van der Waals surface area contributed by atoms with Crippen LogP contribution in [0, 0.1) is 11.3 Å². The molecule has 256 valence electrons. The van der Waals surface area contributed by atoms with Gasteiger partial charge in [-0.15, -0.1) is 0 Å². The van der Waals surface area contributed by atoms with Crippen molar-refractivity contribution < 1.29 is 28.5 Å². The molecule has 3 aromatic rings. The van der Waals surface area contributed by atoms with Gasteiger partial charge in [-0.25, -0.2) is 9.59 Å². The highest BCUT2D eigenvalue weighted by Gasteiger charge is 2.16. The van der Waals surface area contributed by atoms with Gasteiger partial charge < -0.3 is 18.9 Å². The number of unbranched alkanes of at least 4 members (excludes halogenated alkanes) is 10. The summed E-state index contributed by atoms with van der Waals surface area (Å²) in [5.74, 6) is 0.370. The number of hydrogen-bond acceptors (Lipinski definition) is 7. The number of benzene rings is 3. The quantitative estimate of drug-likeness (QED) is 0.0350. The second-order valence-corrected chi connectivity index (χ2v) is 12.0. The van der Waals surface area contributed by atoms with E-state index in [1.165, 1.54) is 57.4 Å². The van der Waals surface area contributed by atoms with Crippen molar-refractivity contribution in [1.29, 1.82) is 5.26 Å². The molecule has 0 aliphatic carbocycles. The minimum atomic E-state index is -0.732. The van der Waals surface area contributed by atoms with Crippen LogP contribution in [-0.2, 0) is 14.3 Å². The lowest BCUT2D eigenvalue weighted by Gasteiger charge is -2.13. The fourth-order valence-electron chi connectivity index (χ4n) is 5.04. The summed E-state index contributed by atoms with van der Waals surface area (Å²) < 4.78 is 22.4. The molecule has 0 heterocycles. The van der Waals surface area contributed by atoms with Crippen LogP contribution in [-0.4, -0.2) is 31.3 Å². The molecular weight excluding hydrogens is 602 g/mol. The third-order valence-electron chi connectivity index (χ3n) is 7.97. The zero-order valence-electron chi connectivity index (χ0n) is 28.9. The van der Waals surface area contributed by atoms with Crippen molar-refractivity contribution in [2.24, 2.45) is 0 Å². The molecule has 0 aliphatic rings. The molecule has 0 spiro atoms. The zero-order valence-corrected chi connectivity index (χ0v) is 28.9. The molecule has 0 amide bonds. The number of hydrogen-bond donors (Lipinski definition) is 0. The van der Waals surface area contributed by atoms with Crippen molar-refractivity contribution in [2.45, 2.75) is 104 Å². The molecule has 7 nitrogen and oxygen atoms in total. The van der Waals surface area contributed by atoms with Crippen LogP contribution in [0.25, 0.3) is 17.2 Å². The summed E-state index contributed by atoms with van der Waals surface area (Å²) >= 11 is 0. The molecule has 0 bridgehead atoms. The Morgan fingerprint density at radius 1 is 0.646 bits per heavy atom. The number of esters is 2. The summed E-state index contributed by atoms with van der Waals surface area (Å²) in [7, 11) is 0. The Kier molecular flexibility index (Phi) is 17.6. The van der Waals surface area contributed by atoms with Gasteiger partial charge in [0.15, 0.2) is 6.10 Å². The van der Waals surface area contributed by atoms with Crippen LogP contribution in [0.15, 0.2) is 78.4 Å². The molecule has 0 aromatic heterocycles. The zero-order chi connectivity index (χ0) is 34.4. The van der Waals surface area contributed by atoms with E-state index in [-0.39, 0.29) is 5.57 Å². The van der Waals surface area contributed by atoms with Gasteiger partial charge in [-0.2, -0.15) is 5.26 Å². The Bertz CT molecular complexity index is 1440. The van der Waals surface area contributed by atoms with E-state index in [0.717, 1.165) is 42.6 Å². The topological polar surface area (TPSA) is 94.9 Å². The third kappa shape index (κ3) is 14.1. The molecule has 3 aromatic carbocycles. The van der Waals surface area contributed by atoms with Crippen molar-refractivity contribution in [2.75, 3.05) is 13.2 Å². The van der Waals surface area contributed by atoms with Gasteiger partial charge in [0.05, 0.1) is 6.61 Å². The molecule has 0 radical (unpaired) electrons. The van der Waals surface area contributed by atoms with E-state index in [9.17, 15) is 14.9 Å². The molecule has 1 unspecified atom stereocenters. The van der Waals surface area contributed by atoms with E-state index in [1.807, 2.05) is 54.6 Å². The lowest BCUT2D eigenvalue weighted by atomic mass is 10.1. The lowest BCUT2D eigenvalue weighted by Crippen LogP contribution is -2.26. The Balaban J connectivity index is 1.44. The number of rotatable bonds is 22. The standard InChI is InChI=1S/C41H51NO6/c1-4-6-8-10-11-13-14-28-45-32(3)40(43)47-38-24-18-34(19-25-38)35-20-26-39(27-21-35)48-41(44)36(31-42)30-33-16-22-37(23-17-33)46-29-15-12-9-7-5-2/h16-27,30,32H,4-15,28-29H2,1-3H3/b36-30+. The van der Waals surface area contributed by atoms with Crippen LogP contribution in [0.1, 0.15) is 103 Å². The first-order valence-corrected chi connectivity index (χ1v) is 17.5. The van der Waals surface area contributed by atoms with Crippen LogP contribution < -0.4 is 14.2 Å². The molecule has 7 heteroatoms. The maximum atomic E-state index is 12.7. The molecule has 0 fully saturated rings. The highest BCUT2D eigenvalue weighted by Crippen LogP contribution is 2.26. The minimum Gasteiger partial charge on any atom is -0.494 e. The highest BCUT2D eigenvalue weighted by atomic mass is 16.6. The Labute approximate surface area is 286 Å². The largest absolute Gasteiger partial charge is 0.494 e. The second-order valence-electron chi connectivity index (χ2n) is 12.0. The van der Waals surface area contributed by atoms with Crippen LogP contribution in [0.2, 0.25) is 0 Å². The number of nitriles is 1. The highest BCUT2D eigenvalue weighted by molar-refractivity contribution is 5.99. The van der Waals surface area contributed by atoms with E-state index in [1.54, 1.807) is 31.2 Å². The van der Waals surface area contributed by atoms with Crippen molar-refractivity contribution in [3.8, 4) is 34.4 Å². The van der Waals surface area contributed by atoms with Crippen LogP contribution in [0.5, 0.6) is 17.2 Å². The molecule has 0 N–H and O–H groups in total. The lowest BCUT2D eigenvalue weighted by molar-refractivity contribution is -0.146. The first-order valence-electron chi connectivity index (χ1n) is 17.5. The number of carbonyl (C=O) groups is 2. The van der Waals surface area contributed by atoms with E-state index in [0.29, 0.717) is 30.3 Å². The van der Waals surface area contributed by atoms with Crippen LogP contribution >= 0.6 is 0 Å². The monoisotopic (exact) mass is 653 g/mol. The molecule has 1 atom stereocenters. The fourth-order valence-corrected chi connectivity index (χ4v) is 5.04. The average Bonchev–Trinajstić information content (AvgIpc) is 3.11. The summed E-state index contributed by atoms with van der Waals surface area (Å²) in [4.78, 5) is 25.2. The van der Waals surface area contributed by atoms with Crippen molar-refractivity contribution >= 4 is 18.0 Å². The Morgan fingerprint density at radius 3 is 1.67 bits per heavy atom. The van der Waals surface area contributed by atoms with Gasteiger partial charge in [-0.05, 0) is 78.9 Å². The maximum absolute atomic E-state index is 12.7. The number of ether oxygens (including phenoxy) is 4. The van der Waals surface area contributed by atoms with Gasteiger partial charge >= 0.3 is 11.9 Å². The maximum Gasteiger partial charge on any atom is 0.354 e. The predicted octanol–water partition coefficient (Wildman–Crippen LogP) is 10.3. The number of nitrogens with zero attached hydrogens (tertiary/aromatic N) is 1. The summed E-state index contributed by atoms with van der Waals surface area (Å²) in [6.07, 6.45) is 15.1. The molecule has 0 saturated heterocycles. The molecule has 3 rings (SSSR count). The predicted molar refractivity (Wildman–Crippen MR) is 191 cm³/mol. The third-order valence-corrected chi connectivity index (χ3v) is 7.97. The van der Waals surface area contributed by atoms with E-state index < -0.39 is 18.0 Å². The van der Waals surface area contributed by atoms with Gasteiger partial charge in [0, 0.05) is 6.61 Å². The Morgan fingerprint density at radius 2 is 1.12 bits per heavy atom. The summed E-state index contributed by atoms with van der Waals surface area (Å²) in [6, 6.07) is 23.4. The SMILES string of the molecule is CCCCCCCCCOC(C)C(=O)Oc1ccc(-c2ccc(OC(=O)/C(C#N)=C/c3ccc(OCCCCCCC)cc3)cc2)cc1. The van der Waals surface area contributed by atoms with Crippen molar-refractivity contribution in [3.05, 3.63) is 83.9 Å². The fraction of sp³-hybridized carbons (Fsp3) is 0.439. The first kappa shape index (κ1) is 38.0. The molecular formula is C41H51NO6. The summed E-state index contributed by atoms with van der Waals surface area (Å²) in [5.41, 5.74) is 2.39. The van der Waals surface area contributed by atoms with Crippen LogP contribution in [0.3, 0.4) is 0 Å². The first-order chi connectivity index (χ1) is 23.4.